The molecule has 7 nitrogen and oxygen atoms in total. The summed E-state index contributed by atoms with van der Waals surface area (Å²) in [5.41, 5.74) is 3.32. The molecule has 3 aromatic carbocycles. The van der Waals surface area contributed by atoms with Crippen LogP contribution in [0.1, 0.15) is 15.9 Å². The Kier molecular flexibility index (Phi) is 7.99. The molecule has 0 atom stereocenters. The molecule has 0 unspecified atom stereocenters. The molecule has 3 aromatic rings. The minimum absolute atomic E-state index is 0.205. The van der Waals surface area contributed by atoms with E-state index in [0.717, 1.165) is 0 Å². The van der Waals surface area contributed by atoms with E-state index in [4.69, 9.17) is 27.9 Å². The van der Waals surface area contributed by atoms with Crippen LogP contribution in [0.15, 0.2) is 76.3 Å². The normalized spacial score (nSPS) is 10.6. The first-order valence-corrected chi connectivity index (χ1v) is 10.5. The van der Waals surface area contributed by atoms with E-state index in [2.05, 4.69) is 31.8 Å². The van der Waals surface area contributed by atoms with Gasteiger partial charge in [0.05, 0.1) is 22.5 Å². The van der Waals surface area contributed by atoms with Gasteiger partial charge in [-0.1, -0.05) is 35.3 Å². The molecule has 0 aliphatic rings. The Morgan fingerprint density at radius 3 is 2.38 bits per heavy atom. The van der Waals surface area contributed by atoms with E-state index in [1.807, 2.05) is 0 Å². The van der Waals surface area contributed by atoms with Crippen molar-refractivity contribution in [3.8, 4) is 5.75 Å². The van der Waals surface area contributed by atoms with Crippen molar-refractivity contribution in [2.75, 3.05) is 5.32 Å². The summed E-state index contributed by atoms with van der Waals surface area (Å²) in [5, 5.41) is 6.68. The number of ether oxygens (including phenoxy) is 1. The smallest absolute Gasteiger partial charge is 0.344 e. The number of nitrogens with zero attached hydrogens (tertiary/aromatic N) is 1. The summed E-state index contributed by atoms with van der Waals surface area (Å²) < 4.78 is 5.96. The second-order valence-corrected chi connectivity index (χ2v) is 7.91. The number of esters is 1. The largest absolute Gasteiger partial charge is 0.423 e. The van der Waals surface area contributed by atoms with Gasteiger partial charge in [-0.25, -0.2) is 10.2 Å². The number of benzene rings is 3. The van der Waals surface area contributed by atoms with E-state index in [1.165, 1.54) is 18.3 Å². The topological polar surface area (TPSA) is 96.9 Å². The molecule has 0 saturated carbocycles. The van der Waals surface area contributed by atoms with Crippen molar-refractivity contribution in [2.24, 2.45) is 5.10 Å². The lowest BCUT2D eigenvalue weighted by Crippen LogP contribution is -2.32. The van der Waals surface area contributed by atoms with Gasteiger partial charge in [-0.15, -0.1) is 0 Å². The third-order valence-electron chi connectivity index (χ3n) is 3.95. The lowest BCUT2D eigenvalue weighted by atomic mass is 10.2. The predicted octanol–water partition coefficient (Wildman–Crippen LogP) is 5.06. The summed E-state index contributed by atoms with van der Waals surface area (Å²) >= 11 is 15.1. The number of halogens is 3. The molecule has 162 valence electrons. The fourth-order valence-electron chi connectivity index (χ4n) is 2.40. The highest BCUT2D eigenvalue weighted by atomic mass is 79.9. The Bertz CT molecular complexity index is 1200. The quantitative estimate of drug-likeness (QED) is 0.157. The van der Waals surface area contributed by atoms with Crippen LogP contribution in [0.5, 0.6) is 5.75 Å². The molecule has 0 aromatic heterocycles. The maximum atomic E-state index is 12.2. The molecule has 0 saturated heterocycles. The van der Waals surface area contributed by atoms with Crippen molar-refractivity contribution in [3.05, 3.63) is 92.4 Å². The van der Waals surface area contributed by atoms with Crippen molar-refractivity contribution in [1.29, 1.82) is 0 Å². The van der Waals surface area contributed by atoms with Gasteiger partial charge in [0.1, 0.15) is 5.75 Å². The standard InChI is InChI=1S/C22H14BrCl2N3O4/c23-17-4-2-1-3-16(17)22(31)32-15-8-5-13(6-9-15)12-26-28-21(30)20(29)27-19-11-14(24)7-10-18(19)25/h1-12H,(H,27,29)(H,28,30). The van der Waals surface area contributed by atoms with E-state index in [9.17, 15) is 14.4 Å². The van der Waals surface area contributed by atoms with Crippen LogP contribution < -0.4 is 15.5 Å². The van der Waals surface area contributed by atoms with Crippen LogP contribution in [0, 0.1) is 0 Å². The monoisotopic (exact) mass is 533 g/mol. The third-order valence-corrected chi connectivity index (χ3v) is 5.20. The summed E-state index contributed by atoms with van der Waals surface area (Å²) in [6.45, 7) is 0. The van der Waals surface area contributed by atoms with Gasteiger partial charge >= 0.3 is 17.8 Å². The molecule has 0 spiro atoms. The number of carbonyl (C=O) groups excluding carboxylic acids is 3. The second kappa shape index (κ2) is 10.9. The molecule has 32 heavy (non-hydrogen) atoms. The summed E-state index contributed by atoms with van der Waals surface area (Å²) in [4.78, 5) is 36.1. The van der Waals surface area contributed by atoms with Crippen LogP contribution in [0.4, 0.5) is 5.69 Å². The molecule has 0 aliphatic heterocycles. The highest BCUT2D eigenvalue weighted by Gasteiger charge is 2.15. The third kappa shape index (κ3) is 6.40. The molecular formula is C22H14BrCl2N3O4. The predicted molar refractivity (Wildman–Crippen MR) is 126 cm³/mol. The zero-order valence-electron chi connectivity index (χ0n) is 16.1. The zero-order chi connectivity index (χ0) is 23.1. The molecule has 2 amide bonds. The number of amides is 2. The average Bonchev–Trinajstić information content (AvgIpc) is 2.77. The van der Waals surface area contributed by atoms with Crippen LogP contribution in [-0.4, -0.2) is 24.0 Å². The summed E-state index contributed by atoms with van der Waals surface area (Å²) in [6, 6.07) is 17.8. The van der Waals surface area contributed by atoms with E-state index < -0.39 is 17.8 Å². The van der Waals surface area contributed by atoms with E-state index >= 15 is 0 Å². The Morgan fingerprint density at radius 2 is 1.66 bits per heavy atom. The maximum absolute atomic E-state index is 12.2. The number of hydrogen-bond acceptors (Lipinski definition) is 5. The highest BCUT2D eigenvalue weighted by molar-refractivity contribution is 9.10. The molecule has 2 N–H and O–H groups in total. The van der Waals surface area contributed by atoms with Gasteiger partial charge in [0.15, 0.2) is 0 Å². The minimum atomic E-state index is -0.990. The van der Waals surface area contributed by atoms with Crippen LogP contribution in [-0.2, 0) is 9.59 Å². The number of anilines is 1. The van der Waals surface area contributed by atoms with Gasteiger partial charge in [-0.3, -0.25) is 9.59 Å². The first kappa shape index (κ1) is 23.5. The summed E-state index contributed by atoms with van der Waals surface area (Å²) in [7, 11) is 0. The van der Waals surface area contributed by atoms with Gasteiger partial charge in [-0.2, -0.15) is 5.10 Å². The van der Waals surface area contributed by atoms with Crippen molar-refractivity contribution >= 4 is 68.8 Å². The number of hydrogen-bond donors (Lipinski definition) is 2. The summed E-state index contributed by atoms with van der Waals surface area (Å²) in [5.74, 6) is -2.11. The maximum Gasteiger partial charge on any atom is 0.344 e. The van der Waals surface area contributed by atoms with Crippen molar-refractivity contribution in [1.82, 2.24) is 5.43 Å². The fourth-order valence-corrected chi connectivity index (χ4v) is 3.18. The molecule has 0 fully saturated rings. The lowest BCUT2D eigenvalue weighted by Gasteiger charge is -2.06. The molecule has 0 radical (unpaired) electrons. The molecule has 0 aliphatic carbocycles. The van der Waals surface area contributed by atoms with Crippen LogP contribution >= 0.6 is 39.1 Å². The number of hydrazone groups is 1. The number of rotatable bonds is 5. The van der Waals surface area contributed by atoms with Gasteiger partial charge in [0.25, 0.3) is 0 Å². The van der Waals surface area contributed by atoms with Gasteiger partial charge in [0, 0.05) is 9.50 Å². The fraction of sp³-hybridized carbons (Fsp3) is 0. The summed E-state index contributed by atoms with van der Waals surface area (Å²) in [6.07, 6.45) is 1.33. The Labute approximate surface area is 201 Å². The van der Waals surface area contributed by atoms with Gasteiger partial charge < -0.3 is 10.1 Å². The van der Waals surface area contributed by atoms with Crippen LogP contribution in [0.3, 0.4) is 0 Å². The average molecular weight is 535 g/mol. The lowest BCUT2D eigenvalue weighted by molar-refractivity contribution is -0.136. The van der Waals surface area contributed by atoms with Gasteiger partial charge in [-0.05, 0) is 76.1 Å². The molecule has 0 bridgehead atoms. The highest BCUT2D eigenvalue weighted by Crippen LogP contribution is 2.25. The van der Waals surface area contributed by atoms with Crippen molar-refractivity contribution < 1.29 is 19.1 Å². The van der Waals surface area contributed by atoms with Crippen LogP contribution in [0.2, 0.25) is 10.0 Å². The van der Waals surface area contributed by atoms with Crippen molar-refractivity contribution in [2.45, 2.75) is 0 Å². The number of nitrogens with one attached hydrogen (secondary N) is 2. The van der Waals surface area contributed by atoms with Gasteiger partial charge in [0.2, 0.25) is 0 Å². The first-order valence-electron chi connectivity index (χ1n) is 8.99. The molecular weight excluding hydrogens is 521 g/mol. The van der Waals surface area contributed by atoms with Crippen LogP contribution in [0.25, 0.3) is 0 Å². The molecule has 3 rings (SSSR count). The van der Waals surface area contributed by atoms with E-state index in [-0.39, 0.29) is 10.7 Å². The first-order chi connectivity index (χ1) is 15.3. The second-order valence-electron chi connectivity index (χ2n) is 6.22. The number of carbonyl (C=O) groups is 3. The van der Waals surface area contributed by atoms with Crippen molar-refractivity contribution in [3.63, 3.8) is 0 Å². The zero-order valence-corrected chi connectivity index (χ0v) is 19.2. The van der Waals surface area contributed by atoms with E-state index in [0.29, 0.717) is 26.4 Å². The Hall–Kier alpha value is -3.20. The minimum Gasteiger partial charge on any atom is -0.423 e. The SMILES string of the molecule is O=C(NN=Cc1ccc(OC(=O)c2ccccc2Br)cc1)C(=O)Nc1cc(Cl)ccc1Cl. The Morgan fingerprint density at radius 1 is 0.938 bits per heavy atom. The molecule has 0 heterocycles. The van der Waals surface area contributed by atoms with E-state index in [1.54, 1.807) is 54.6 Å². The Balaban J connectivity index is 1.53. The molecule has 10 heteroatoms.